The van der Waals surface area contributed by atoms with Crippen LogP contribution >= 0.6 is 11.8 Å². The van der Waals surface area contributed by atoms with Crippen LogP contribution in [-0.4, -0.2) is 10.7 Å². The lowest BCUT2D eigenvalue weighted by Crippen LogP contribution is -2.72. The number of carbonyl (C=O) groups is 1. The molecule has 1 aliphatic carbocycles. The number of hydrogen-bond acceptors (Lipinski definition) is 3. The Kier molecular flexibility index (Phi) is 3.46. The van der Waals surface area contributed by atoms with Crippen LogP contribution in [0.25, 0.3) is 10.7 Å². The molecule has 1 heterocycles. The lowest BCUT2D eigenvalue weighted by atomic mass is 9.51. The molecular weight excluding hydrogens is 328 g/mol. The number of ether oxygens (including phenoxy) is 1. The summed E-state index contributed by atoms with van der Waals surface area (Å²) in [7, 11) is 0. The van der Waals surface area contributed by atoms with Crippen molar-refractivity contribution in [3.8, 4) is 0 Å². The maximum atomic E-state index is 12.7. The molecule has 2 aromatic rings. The normalized spacial score (nSPS) is 22.6. The van der Waals surface area contributed by atoms with Crippen molar-refractivity contribution in [2.24, 2.45) is 10.8 Å². The summed E-state index contributed by atoms with van der Waals surface area (Å²) in [5.41, 5.74) is 1.13. The van der Waals surface area contributed by atoms with Crippen molar-refractivity contribution in [3.63, 3.8) is 0 Å². The summed E-state index contributed by atoms with van der Waals surface area (Å²) in [5, 5.41) is 0. The van der Waals surface area contributed by atoms with Gasteiger partial charge in [0.25, 0.3) is 0 Å². The molecule has 128 valence electrons. The second-order valence-corrected chi connectivity index (χ2v) is 8.98. The van der Waals surface area contributed by atoms with Gasteiger partial charge in [0.2, 0.25) is 0 Å². The predicted molar refractivity (Wildman–Crippen MR) is 104 cm³/mol. The molecule has 0 bridgehead atoms. The molecule has 25 heavy (non-hydrogen) atoms. The van der Waals surface area contributed by atoms with Crippen molar-refractivity contribution >= 4 is 28.2 Å². The van der Waals surface area contributed by atoms with Crippen LogP contribution in [0.1, 0.15) is 38.8 Å². The highest BCUT2D eigenvalue weighted by atomic mass is 32.2. The fourth-order valence-electron chi connectivity index (χ4n) is 4.27. The zero-order chi connectivity index (χ0) is 17.9. The summed E-state index contributed by atoms with van der Waals surface area (Å²) >= 11 is 1.71. The summed E-state index contributed by atoms with van der Waals surface area (Å²) in [6.07, 6.45) is 0. The van der Waals surface area contributed by atoms with Crippen LogP contribution in [0.4, 0.5) is 0 Å². The second-order valence-electron chi connectivity index (χ2n) is 7.79. The van der Waals surface area contributed by atoms with Crippen molar-refractivity contribution in [2.45, 2.75) is 32.6 Å². The number of rotatable bonds is 2. The third kappa shape index (κ3) is 2.02. The Morgan fingerprint density at radius 3 is 1.76 bits per heavy atom. The van der Waals surface area contributed by atoms with E-state index >= 15 is 0 Å². The van der Waals surface area contributed by atoms with Crippen LogP contribution < -0.4 is 0 Å². The van der Waals surface area contributed by atoms with Crippen LogP contribution in [-0.2, 0) is 9.53 Å². The molecule has 0 unspecified atom stereocenters. The van der Waals surface area contributed by atoms with Crippen LogP contribution in [0.2, 0.25) is 0 Å². The molecule has 0 atom stereocenters. The molecule has 4 rings (SSSR count). The molecule has 1 spiro atoms. The smallest absolute Gasteiger partial charge is 0.183 e. The fraction of sp³-hybridized carbons (Fsp3) is 0.318. The highest BCUT2D eigenvalue weighted by Gasteiger charge is 2.77. The standard InChI is InChI=1S/C22H22O2S/c1-20(2)19(23)21(3,4)22(20)24-17(15-11-7-5-8-12-15)18(25-22)16-13-9-6-10-14-16/h5-14H,1-4H3. The first-order valence-electron chi connectivity index (χ1n) is 8.59. The monoisotopic (exact) mass is 350 g/mol. The van der Waals surface area contributed by atoms with E-state index in [0.29, 0.717) is 0 Å². The molecular formula is C22H22O2S. The van der Waals surface area contributed by atoms with E-state index in [2.05, 4.69) is 24.3 Å². The molecule has 1 aliphatic heterocycles. The van der Waals surface area contributed by atoms with Gasteiger partial charge in [-0.05, 0) is 33.3 Å². The Morgan fingerprint density at radius 1 is 0.760 bits per heavy atom. The van der Waals surface area contributed by atoms with Gasteiger partial charge in [0.15, 0.2) is 10.7 Å². The number of hydrogen-bond donors (Lipinski definition) is 0. The summed E-state index contributed by atoms with van der Waals surface area (Å²) < 4.78 is 6.66. The predicted octanol–water partition coefficient (Wildman–Crippen LogP) is 5.61. The maximum Gasteiger partial charge on any atom is 0.183 e. The number of benzene rings is 2. The minimum absolute atomic E-state index is 0.259. The Hall–Kier alpha value is -2.00. The minimum Gasteiger partial charge on any atom is -0.472 e. The largest absolute Gasteiger partial charge is 0.472 e. The molecule has 2 aliphatic rings. The molecule has 0 N–H and O–H groups in total. The van der Waals surface area contributed by atoms with E-state index in [9.17, 15) is 4.79 Å². The molecule has 0 amide bonds. The third-order valence-electron chi connectivity index (χ3n) is 5.55. The van der Waals surface area contributed by atoms with Gasteiger partial charge >= 0.3 is 0 Å². The zero-order valence-corrected chi connectivity index (χ0v) is 15.8. The molecule has 2 aromatic carbocycles. The van der Waals surface area contributed by atoms with E-state index in [0.717, 1.165) is 21.8 Å². The third-order valence-corrected chi connectivity index (χ3v) is 7.57. The first kappa shape index (κ1) is 16.5. The van der Waals surface area contributed by atoms with Crippen molar-refractivity contribution in [1.82, 2.24) is 0 Å². The maximum absolute atomic E-state index is 12.7. The van der Waals surface area contributed by atoms with Crippen LogP contribution in [0, 0.1) is 10.8 Å². The SMILES string of the molecule is CC1(C)C(=O)C(C)(C)C12OC(c1ccccc1)=C(c1ccccc1)S2. The van der Waals surface area contributed by atoms with E-state index in [1.807, 2.05) is 64.1 Å². The molecule has 0 radical (unpaired) electrons. The van der Waals surface area contributed by atoms with Gasteiger partial charge in [-0.3, -0.25) is 4.79 Å². The van der Waals surface area contributed by atoms with E-state index < -0.39 is 15.8 Å². The summed E-state index contributed by atoms with van der Waals surface area (Å²) in [4.78, 5) is 13.3. The zero-order valence-electron chi connectivity index (χ0n) is 15.0. The molecule has 0 aromatic heterocycles. The molecule has 0 saturated heterocycles. The van der Waals surface area contributed by atoms with Crippen molar-refractivity contribution < 1.29 is 9.53 Å². The number of carbonyl (C=O) groups excluding carboxylic acids is 1. The summed E-state index contributed by atoms with van der Waals surface area (Å²) in [6, 6.07) is 20.5. The van der Waals surface area contributed by atoms with E-state index in [-0.39, 0.29) is 5.78 Å². The molecule has 1 fully saturated rings. The van der Waals surface area contributed by atoms with Crippen molar-refractivity contribution in [1.29, 1.82) is 0 Å². The Morgan fingerprint density at radius 2 is 1.24 bits per heavy atom. The minimum atomic E-state index is -0.576. The van der Waals surface area contributed by atoms with Crippen LogP contribution in [0.15, 0.2) is 60.7 Å². The average molecular weight is 350 g/mol. The highest BCUT2D eigenvalue weighted by molar-refractivity contribution is 8.10. The van der Waals surface area contributed by atoms with E-state index in [4.69, 9.17) is 4.74 Å². The topological polar surface area (TPSA) is 26.3 Å². The second kappa shape index (κ2) is 5.25. The molecule has 1 saturated carbocycles. The summed E-state index contributed by atoms with van der Waals surface area (Å²) in [6.45, 7) is 8.02. The van der Waals surface area contributed by atoms with Crippen LogP contribution in [0.3, 0.4) is 0 Å². The number of ketones is 1. The van der Waals surface area contributed by atoms with Gasteiger partial charge in [0, 0.05) is 5.56 Å². The summed E-state index contributed by atoms with van der Waals surface area (Å²) in [5.74, 6) is 1.14. The van der Waals surface area contributed by atoms with Gasteiger partial charge in [-0.1, -0.05) is 72.4 Å². The van der Waals surface area contributed by atoms with Gasteiger partial charge in [0.05, 0.1) is 15.7 Å². The van der Waals surface area contributed by atoms with E-state index in [1.165, 1.54) is 0 Å². The van der Waals surface area contributed by atoms with Gasteiger partial charge in [-0.25, -0.2) is 0 Å². The lowest BCUT2D eigenvalue weighted by molar-refractivity contribution is -0.188. The average Bonchev–Trinajstić information content (AvgIpc) is 3.06. The van der Waals surface area contributed by atoms with E-state index in [1.54, 1.807) is 11.8 Å². The Bertz CT molecular complexity index is 792. The first-order valence-corrected chi connectivity index (χ1v) is 9.41. The first-order chi connectivity index (χ1) is 11.8. The van der Waals surface area contributed by atoms with Crippen LogP contribution in [0.5, 0.6) is 0 Å². The number of Topliss-reactive ketones (excluding diaryl/α,β-unsaturated/α-hetero) is 1. The number of thioether (sulfide) groups is 1. The van der Waals surface area contributed by atoms with Gasteiger partial charge in [-0.15, -0.1) is 0 Å². The van der Waals surface area contributed by atoms with Gasteiger partial charge in [-0.2, -0.15) is 0 Å². The quantitative estimate of drug-likeness (QED) is 0.704. The molecule has 3 heteroatoms. The molecule has 2 nitrogen and oxygen atoms in total. The Balaban J connectivity index is 1.88. The highest BCUT2D eigenvalue weighted by Crippen LogP contribution is 2.72. The lowest BCUT2D eigenvalue weighted by Gasteiger charge is -2.61. The van der Waals surface area contributed by atoms with Gasteiger partial charge < -0.3 is 4.74 Å². The fourth-order valence-corrected chi connectivity index (χ4v) is 5.88. The van der Waals surface area contributed by atoms with Gasteiger partial charge in [0.1, 0.15) is 5.76 Å². The van der Waals surface area contributed by atoms with Crippen molar-refractivity contribution in [2.75, 3.05) is 0 Å². The Labute approximate surface area is 153 Å². The van der Waals surface area contributed by atoms with Crippen molar-refractivity contribution in [3.05, 3.63) is 71.8 Å².